The van der Waals surface area contributed by atoms with E-state index in [1.54, 1.807) is 30.3 Å². The Labute approximate surface area is 111 Å². The first kappa shape index (κ1) is 12.7. The average Bonchev–Trinajstić information content (AvgIpc) is 2.39. The number of hydrogen-bond acceptors (Lipinski definition) is 3. The Bertz CT molecular complexity index is 526. The third-order valence-electron chi connectivity index (χ3n) is 2.56. The Balaban J connectivity index is 2.04. The number of nitrogens with two attached hydrogens (primary N) is 1. The Morgan fingerprint density at radius 1 is 1.06 bits per heavy atom. The van der Waals surface area contributed by atoms with Gasteiger partial charge in [0.2, 0.25) is 0 Å². The molecule has 3 N–H and O–H groups in total. The molecule has 2 rings (SSSR count). The summed E-state index contributed by atoms with van der Waals surface area (Å²) < 4.78 is 5.61. The van der Waals surface area contributed by atoms with Crippen LogP contribution in [0.4, 0.5) is 0 Å². The maximum absolute atomic E-state index is 9.17. The van der Waals surface area contributed by atoms with Crippen LogP contribution >= 0.6 is 11.6 Å². The highest BCUT2D eigenvalue weighted by Crippen LogP contribution is 2.26. The molecule has 0 radical (unpaired) electrons. The van der Waals surface area contributed by atoms with Crippen LogP contribution in [-0.2, 0) is 13.2 Å². The highest BCUT2D eigenvalue weighted by molar-refractivity contribution is 6.32. The van der Waals surface area contributed by atoms with E-state index in [1.807, 2.05) is 12.1 Å². The highest BCUT2D eigenvalue weighted by Gasteiger charge is 2.03. The van der Waals surface area contributed by atoms with E-state index < -0.39 is 0 Å². The molecule has 0 amide bonds. The Morgan fingerprint density at radius 3 is 2.33 bits per heavy atom. The molecule has 0 heterocycles. The van der Waals surface area contributed by atoms with Crippen molar-refractivity contribution in [1.29, 1.82) is 0 Å². The molecule has 0 aliphatic rings. The second kappa shape index (κ2) is 5.76. The average molecular weight is 264 g/mol. The van der Waals surface area contributed by atoms with E-state index in [2.05, 4.69) is 0 Å². The fourth-order valence-electron chi connectivity index (χ4n) is 1.54. The number of phenols is 1. The molecular formula is C14H14ClNO2. The van der Waals surface area contributed by atoms with Crippen molar-refractivity contribution in [3.05, 3.63) is 58.6 Å². The van der Waals surface area contributed by atoms with Crippen LogP contribution in [0.25, 0.3) is 0 Å². The van der Waals surface area contributed by atoms with Gasteiger partial charge in [-0.2, -0.15) is 0 Å². The molecule has 0 atom stereocenters. The molecule has 0 aromatic heterocycles. The van der Waals surface area contributed by atoms with Crippen LogP contribution < -0.4 is 10.5 Å². The maximum atomic E-state index is 9.17. The summed E-state index contributed by atoms with van der Waals surface area (Å²) >= 11 is 6.08. The number of aromatic hydroxyl groups is 1. The van der Waals surface area contributed by atoms with Gasteiger partial charge in [-0.25, -0.2) is 0 Å². The molecule has 0 saturated carbocycles. The zero-order valence-electron chi connectivity index (χ0n) is 9.77. The summed E-state index contributed by atoms with van der Waals surface area (Å²) in [7, 11) is 0. The standard InChI is InChI=1S/C14H14ClNO2/c15-13-7-11(8-16)3-6-14(13)18-9-10-1-4-12(17)5-2-10/h1-7,17H,8-9,16H2. The lowest BCUT2D eigenvalue weighted by molar-refractivity contribution is 0.306. The quantitative estimate of drug-likeness (QED) is 0.891. The van der Waals surface area contributed by atoms with Gasteiger partial charge in [0.15, 0.2) is 0 Å². The molecule has 4 heteroatoms. The number of ether oxygens (including phenoxy) is 1. The molecular weight excluding hydrogens is 250 g/mol. The minimum absolute atomic E-state index is 0.240. The zero-order chi connectivity index (χ0) is 13.0. The molecule has 0 saturated heterocycles. The molecule has 2 aromatic carbocycles. The van der Waals surface area contributed by atoms with Crippen LogP contribution in [0.5, 0.6) is 11.5 Å². The van der Waals surface area contributed by atoms with E-state index >= 15 is 0 Å². The number of halogens is 1. The van der Waals surface area contributed by atoms with Crippen LogP contribution in [-0.4, -0.2) is 5.11 Å². The van der Waals surface area contributed by atoms with Gasteiger partial charge < -0.3 is 15.6 Å². The molecule has 2 aromatic rings. The van der Waals surface area contributed by atoms with Crippen LogP contribution in [0.1, 0.15) is 11.1 Å². The van der Waals surface area contributed by atoms with Crippen molar-refractivity contribution in [2.75, 3.05) is 0 Å². The van der Waals surface area contributed by atoms with Gasteiger partial charge in [0.25, 0.3) is 0 Å². The predicted octanol–water partition coefficient (Wildman–Crippen LogP) is 3.08. The van der Waals surface area contributed by atoms with Gasteiger partial charge in [-0.15, -0.1) is 0 Å². The molecule has 0 aliphatic carbocycles. The fraction of sp³-hybridized carbons (Fsp3) is 0.143. The number of benzene rings is 2. The van der Waals surface area contributed by atoms with Gasteiger partial charge in [0, 0.05) is 6.54 Å². The largest absolute Gasteiger partial charge is 0.508 e. The van der Waals surface area contributed by atoms with Crippen molar-refractivity contribution >= 4 is 11.6 Å². The lowest BCUT2D eigenvalue weighted by Gasteiger charge is -2.09. The van der Waals surface area contributed by atoms with Crippen LogP contribution in [0, 0.1) is 0 Å². The summed E-state index contributed by atoms with van der Waals surface area (Å²) in [6.45, 7) is 0.861. The summed E-state index contributed by atoms with van der Waals surface area (Å²) in [6, 6.07) is 12.3. The fourth-order valence-corrected chi connectivity index (χ4v) is 1.80. The Hall–Kier alpha value is -1.71. The van der Waals surface area contributed by atoms with Gasteiger partial charge in [0.05, 0.1) is 5.02 Å². The highest BCUT2D eigenvalue weighted by atomic mass is 35.5. The van der Waals surface area contributed by atoms with Gasteiger partial charge >= 0.3 is 0 Å². The second-order valence-electron chi connectivity index (χ2n) is 3.92. The summed E-state index contributed by atoms with van der Waals surface area (Å²) in [4.78, 5) is 0. The Morgan fingerprint density at radius 2 is 1.72 bits per heavy atom. The van der Waals surface area contributed by atoms with Crippen LogP contribution in [0.3, 0.4) is 0 Å². The van der Waals surface area contributed by atoms with E-state index in [0.717, 1.165) is 11.1 Å². The monoisotopic (exact) mass is 263 g/mol. The molecule has 0 aliphatic heterocycles. The van der Waals surface area contributed by atoms with E-state index in [1.165, 1.54) is 0 Å². The van der Waals surface area contributed by atoms with E-state index in [4.69, 9.17) is 27.2 Å². The van der Waals surface area contributed by atoms with Gasteiger partial charge in [-0.05, 0) is 35.4 Å². The second-order valence-corrected chi connectivity index (χ2v) is 4.33. The first-order valence-electron chi connectivity index (χ1n) is 5.58. The summed E-state index contributed by atoms with van der Waals surface area (Å²) in [5.74, 6) is 0.867. The molecule has 0 spiro atoms. The van der Waals surface area contributed by atoms with E-state index in [0.29, 0.717) is 23.9 Å². The van der Waals surface area contributed by atoms with Crippen molar-refractivity contribution in [3.63, 3.8) is 0 Å². The molecule has 0 fully saturated rings. The summed E-state index contributed by atoms with van der Waals surface area (Å²) in [6.07, 6.45) is 0. The smallest absolute Gasteiger partial charge is 0.138 e. The van der Waals surface area contributed by atoms with Crippen LogP contribution in [0.15, 0.2) is 42.5 Å². The number of hydrogen-bond donors (Lipinski definition) is 2. The SMILES string of the molecule is NCc1ccc(OCc2ccc(O)cc2)c(Cl)c1. The van der Waals surface area contributed by atoms with Crippen molar-refractivity contribution in [2.24, 2.45) is 5.73 Å². The van der Waals surface area contributed by atoms with Crippen molar-refractivity contribution in [2.45, 2.75) is 13.2 Å². The summed E-state index contributed by atoms with van der Waals surface area (Å²) in [5, 5.41) is 9.72. The lowest BCUT2D eigenvalue weighted by atomic mass is 10.2. The first-order valence-corrected chi connectivity index (χ1v) is 5.96. The van der Waals surface area contributed by atoms with Crippen molar-refractivity contribution < 1.29 is 9.84 Å². The molecule has 0 bridgehead atoms. The predicted molar refractivity (Wildman–Crippen MR) is 71.8 cm³/mol. The van der Waals surface area contributed by atoms with Crippen molar-refractivity contribution in [1.82, 2.24) is 0 Å². The topological polar surface area (TPSA) is 55.5 Å². The molecule has 94 valence electrons. The number of phenolic OH excluding ortho intramolecular Hbond substituents is 1. The van der Waals surface area contributed by atoms with Gasteiger partial charge in [-0.1, -0.05) is 29.8 Å². The third-order valence-corrected chi connectivity index (χ3v) is 2.86. The minimum atomic E-state index is 0.240. The van der Waals surface area contributed by atoms with Crippen molar-refractivity contribution in [3.8, 4) is 11.5 Å². The number of rotatable bonds is 4. The Kier molecular flexibility index (Phi) is 4.07. The zero-order valence-corrected chi connectivity index (χ0v) is 10.5. The molecule has 18 heavy (non-hydrogen) atoms. The minimum Gasteiger partial charge on any atom is -0.508 e. The normalized spacial score (nSPS) is 10.3. The molecule has 0 unspecified atom stereocenters. The van der Waals surface area contributed by atoms with Gasteiger partial charge in [0.1, 0.15) is 18.1 Å². The van der Waals surface area contributed by atoms with E-state index in [9.17, 15) is 0 Å². The van der Waals surface area contributed by atoms with Crippen LogP contribution in [0.2, 0.25) is 5.02 Å². The maximum Gasteiger partial charge on any atom is 0.138 e. The molecule has 3 nitrogen and oxygen atoms in total. The lowest BCUT2D eigenvalue weighted by Crippen LogP contribution is -1.98. The van der Waals surface area contributed by atoms with E-state index in [-0.39, 0.29) is 5.75 Å². The summed E-state index contributed by atoms with van der Waals surface area (Å²) in [5.41, 5.74) is 7.46. The third kappa shape index (κ3) is 3.15. The first-order chi connectivity index (χ1) is 8.69. The van der Waals surface area contributed by atoms with Gasteiger partial charge in [-0.3, -0.25) is 0 Å².